The molecule has 5 nitrogen and oxygen atoms in total. The van der Waals surface area contributed by atoms with Gasteiger partial charge in [-0.25, -0.2) is 4.98 Å². The average molecular weight is 288 g/mol. The second-order valence-electron chi connectivity index (χ2n) is 5.08. The van der Waals surface area contributed by atoms with Crippen LogP contribution in [-0.4, -0.2) is 10.1 Å². The van der Waals surface area contributed by atoms with Crippen LogP contribution in [0.15, 0.2) is 60.7 Å². The Kier molecular flexibility index (Phi) is 2.66. The predicted octanol–water partition coefficient (Wildman–Crippen LogP) is 2.67. The lowest BCUT2D eigenvalue weighted by atomic mass is 10.0. The second-order valence-corrected chi connectivity index (χ2v) is 5.08. The zero-order valence-corrected chi connectivity index (χ0v) is 11.6. The highest BCUT2D eigenvalue weighted by Gasteiger charge is 2.12. The first-order chi connectivity index (χ1) is 10.7. The van der Waals surface area contributed by atoms with Crippen LogP contribution in [0.25, 0.3) is 32.9 Å². The van der Waals surface area contributed by atoms with Crippen molar-refractivity contribution in [2.75, 3.05) is 5.73 Å². The number of rotatable bonds is 1. The van der Waals surface area contributed by atoms with Gasteiger partial charge in [-0.3, -0.25) is 0 Å². The first-order valence-corrected chi connectivity index (χ1v) is 6.88. The molecule has 4 rings (SSSR count). The largest absolute Gasteiger partial charge is 0.594 e. The number of fused-ring (bicyclic) bond motifs is 3. The van der Waals surface area contributed by atoms with Crippen LogP contribution in [0.2, 0.25) is 0 Å². The molecule has 0 unspecified atom stereocenters. The lowest BCUT2D eigenvalue weighted by Crippen LogP contribution is -2.33. The molecule has 3 aromatic carbocycles. The van der Waals surface area contributed by atoms with E-state index in [4.69, 9.17) is 5.73 Å². The van der Waals surface area contributed by atoms with E-state index >= 15 is 0 Å². The highest BCUT2D eigenvalue weighted by molar-refractivity contribution is 6.04. The molecule has 0 amide bonds. The molecular weight excluding hydrogens is 276 g/mol. The van der Waals surface area contributed by atoms with E-state index in [1.165, 1.54) is 0 Å². The van der Waals surface area contributed by atoms with E-state index in [-0.39, 0.29) is 5.95 Å². The lowest BCUT2D eigenvalue weighted by Gasteiger charge is -2.06. The number of aromatic nitrogens is 3. The van der Waals surface area contributed by atoms with Gasteiger partial charge in [0.15, 0.2) is 5.52 Å². The maximum absolute atomic E-state index is 11.8. The average Bonchev–Trinajstić information content (AvgIpc) is 2.55. The summed E-state index contributed by atoms with van der Waals surface area (Å²) in [6.45, 7) is 0. The molecule has 0 aliphatic rings. The van der Waals surface area contributed by atoms with E-state index in [9.17, 15) is 5.21 Å². The summed E-state index contributed by atoms with van der Waals surface area (Å²) in [6, 6.07) is 19.8. The van der Waals surface area contributed by atoms with Gasteiger partial charge in [-0.1, -0.05) is 42.5 Å². The molecule has 0 spiro atoms. The van der Waals surface area contributed by atoms with Gasteiger partial charge >= 0.3 is 0 Å². The fourth-order valence-corrected chi connectivity index (χ4v) is 2.67. The van der Waals surface area contributed by atoms with Gasteiger partial charge in [0, 0.05) is 11.5 Å². The summed E-state index contributed by atoms with van der Waals surface area (Å²) in [5, 5.41) is 17.3. The summed E-state index contributed by atoms with van der Waals surface area (Å²) in [5.41, 5.74) is 8.83. The fraction of sp³-hybridized carbons (Fsp3) is 0. The molecule has 0 saturated carbocycles. The standard InChI is InChI=1S/C17H12N4O/c18-17-19-16-14-8-6-12(11-4-2-1-3-5-11)10-13(14)7-9-15(16)21(22)20-17/h1-10H,(H2,18,19,20). The third-order valence-electron chi connectivity index (χ3n) is 3.70. The van der Waals surface area contributed by atoms with Gasteiger partial charge < -0.3 is 10.9 Å². The van der Waals surface area contributed by atoms with Crippen LogP contribution in [0.4, 0.5) is 5.95 Å². The van der Waals surface area contributed by atoms with Crippen LogP contribution in [0.1, 0.15) is 0 Å². The molecule has 0 radical (unpaired) electrons. The Morgan fingerprint density at radius 2 is 1.73 bits per heavy atom. The minimum absolute atomic E-state index is 0.0258. The van der Waals surface area contributed by atoms with Crippen molar-refractivity contribution in [1.82, 2.24) is 10.1 Å². The Balaban J connectivity index is 2.01. The molecule has 5 heteroatoms. The maximum atomic E-state index is 11.8. The topological polar surface area (TPSA) is 78.7 Å². The molecule has 1 heterocycles. The molecule has 1 aromatic heterocycles. The number of benzene rings is 3. The van der Waals surface area contributed by atoms with Gasteiger partial charge in [-0.2, -0.15) is 0 Å². The Labute approximate surface area is 126 Å². The highest BCUT2D eigenvalue weighted by atomic mass is 16.5. The smallest absolute Gasteiger partial charge is 0.288 e. The summed E-state index contributed by atoms with van der Waals surface area (Å²) in [5.74, 6) is -0.0258. The highest BCUT2D eigenvalue weighted by Crippen LogP contribution is 2.27. The third-order valence-corrected chi connectivity index (χ3v) is 3.70. The summed E-state index contributed by atoms with van der Waals surface area (Å²) < 4.78 is 0. The van der Waals surface area contributed by atoms with Gasteiger partial charge in [0.2, 0.25) is 0 Å². The summed E-state index contributed by atoms with van der Waals surface area (Å²) >= 11 is 0. The third kappa shape index (κ3) is 1.91. The molecule has 4 aromatic rings. The summed E-state index contributed by atoms with van der Waals surface area (Å²) in [6.07, 6.45) is 0. The van der Waals surface area contributed by atoms with Gasteiger partial charge in [0.05, 0.1) is 5.10 Å². The number of anilines is 1. The molecule has 0 saturated heterocycles. The summed E-state index contributed by atoms with van der Waals surface area (Å²) in [7, 11) is 0. The van der Waals surface area contributed by atoms with Crippen molar-refractivity contribution >= 4 is 27.8 Å². The Hall–Kier alpha value is -3.21. The Bertz CT molecular complexity index is 999. The molecule has 106 valence electrons. The van der Waals surface area contributed by atoms with E-state index in [1.807, 2.05) is 36.4 Å². The molecular formula is C17H12N4O. The monoisotopic (exact) mass is 288 g/mol. The zero-order valence-electron chi connectivity index (χ0n) is 11.6. The maximum Gasteiger partial charge on any atom is 0.288 e. The number of hydrogen-bond acceptors (Lipinski definition) is 4. The normalized spacial score (nSPS) is 11.1. The van der Waals surface area contributed by atoms with Crippen molar-refractivity contribution in [2.24, 2.45) is 0 Å². The van der Waals surface area contributed by atoms with Crippen molar-refractivity contribution in [3.8, 4) is 11.1 Å². The van der Waals surface area contributed by atoms with Crippen LogP contribution in [0.3, 0.4) is 0 Å². The first kappa shape index (κ1) is 12.5. The van der Waals surface area contributed by atoms with E-state index in [0.29, 0.717) is 15.9 Å². The van der Waals surface area contributed by atoms with Crippen molar-refractivity contribution in [3.05, 3.63) is 65.9 Å². The van der Waals surface area contributed by atoms with Crippen LogP contribution >= 0.6 is 0 Å². The van der Waals surface area contributed by atoms with E-state index in [2.05, 4.69) is 28.3 Å². The minimum atomic E-state index is -0.0258. The van der Waals surface area contributed by atoms with Crippen molar-refractivity contribution in [3.63, 3.8) is 0 Å². The van der Waals surface area contributed by atoms with Gasteiger partial charge in [0.1, 0.15) is 0 Å². The first-order valence-electron chi connectivity index (χ1n) is 6.88. The van der Waals surface area contributed by atoms with Crippen molar-refractivity contribution in [1.29, 1.82) is 0 Å². The number of nitrogens with zero attached hydrogens (tertiary/aromatic N) is 3. The Morgan fingerprint density at radius 3 is 2.55 bits per heavy atom. The van der Waals surface area contributed by atoms with Gasteiger partial charge in [-0.05, 0) is 33.5 Å². The molecule has 2 N–H and O–H groups in total. The zero-order chi connectivity index (χ0) is 15.1. The molecule has 0 aliphatic heterocycles. The van der Waals surface area contributed by atoms with E-state index < -0.39 is 0 Å². The molecule has 22 heavy (non-hydrogen) atoms. The minimum Gasteiger partial charge on any atom is -0.594 e. The van der Waals surface area contributed by atoms with Crippen molar-refractivity contribution < 1.29 is 4.85 Å². The quantitative estimate of drug-likeness (QED) is 0.332. The number of nitrogen functional groups attached to an aromatic ring is 1. The van der Waals surface area contributed by atoms with Crippen molar-refractivity contribution in [2.45, 2.75) is 0 Å². The van der Waals surface area contributed by atoms with Crippen LogP contribution in [0, 0.1) is 5.21 Å². The second kappa shape index (κ2) is 4.66. The molecule has 0 atom stereocenters. The number of nitrogens with two attached hydrogens (primary N) is 1. The van der Waals surface area contributed by atoms with Crippen LogP contribution < -0.4 is 10.6 Å². The SMILES string of the molecule is Nc1nc2c3ccc(-c4ccccc4)cc3ccc2[n+]([O-])n1. The molecule has 0 fully saturated rings. The summed E-state index contributed by atoms with van der Waals surface area (Å²) in [4.78, 5) is 4.73. The molecule has 0 aliphatic carbocycles. The number of hydrogen-bond donors (Lipinski definition) is 1. The molecule has 0 bridgehead atoms. The Morgan fingerprint density at radius 1 is 0.909 bits per heavy atom. The lowest BCUT2D eigenvalue weighted by molar-refractivity contribution is -0.641. The van der Waals surface area contributed by atoms with E-state index in [1.54, 1.807) is 6.07 Å². The van der Waals surface area contributed by atoms with E-state index in [0.717, 1.165) is 21.9 Å². The van der Waals surface area contributed by atoms with Crippen LogP contribution in [-0.2, 0) is 0 Å². The predicted molar refractivity (Wildman–Crippen MR) is 85.9 cm³/mol. The van der Waals surface area contributed by atoms with Gasteiger partial charge in [-0.15, -0.1) is 0 Å². The fourth-order valence-electron chi connectivity index (χ4n) is 2.67. The van der Waals surface area contributed by atoms with Gasteiger partial charge in [0.25, 0.3) is 11.5 Å². The van der Waals surface area contributed by atoms with Crippen LogP contribution in [0.5, 0.6) is 0 Å².